The fourth-order valence-electron chi connectivity index (χ4n) is 2.35. The Morgan fingerprint density at radius 3 is 2.47 bits per heavy atom. The molecule has 5 heteroatoms. The van der Waals surface area contributed by atoms with Crippen LogP contribution in [0.1, 0.15) is 20.3 Å². The third kappa shape index (κ3) is 2.92. The molecule has 1 rings (SSSR count). The normalized spacial score (nSPS) is 27.8. The van der Waals surface area contributed by atoms with E-state index in [-0.39, 0.29) is 24.4 Å². The van der Waals surface area contributed by atoms with Crippen molar-refractivity contribution in [2.24, 2.45) is 0 Å². The molecule has 15 heavy (non-hydrogen) atoms. The minimum atomic E-state index is -0.853. The minimum Gasteiger partial charge on any atom is -0.481 e. The van der Waals surface area contributed by atoms with Crippen molar-refractivity contribution < 1.29 is 14.7 Å². The number of hydrogen-bond acceptors (Lipinski definition) is 3. The van der Waals surface area contributed by atoms with Crippen molar-refractivity contribution in [2.75, 3.05) is 20.1 Å². The molecule has 0 aromatic carbocycles. The molecule has 1 aliphatic rings. The predicted octanol–water partition coefficient (Wildman–Crippen LogP) is 0.0121. The lowest BCUT2D eigenvalue weighted by molar-refractivity contribution is -0.143. The monoisotopic (exact) mass is 214 g/mol. The van der Waals surface area contributed by atoms with E-state index in [0.29, 0.717) is 6.54 Å². The first-order valence-corrected chi connectivity index (χ1v) is 5.11. The van der Waals surface area contributed by atoms with Crippen molar-refractivity contribution in [3.8, 4) is 0 Å². The van der Waals surface area contributed by atoms with Gasteiger partial charge < -0.3 is 14.9 Å². The Morgan fingerprint density at radius 2 is 2.00 bits per heavy atom. The summed E-state index contributed by atoms with van der Waals surface area (Å²) in [5.74, 6) is -0.893. The molecular formula is C10H18N2O3. The number of piperazine rings is 1. The standard InChI is InChI=1S/C10H18N2O3/c1-7-5-11(3)6-9(4-10(14)15)12(7)8(2)13/h7,9H,4-6H2,1-3H3,(H,14,15)/t7-,9-/m1/s1. The van der Waals surface area contributed by atoms with Gasteiger partial charge in [0.1, 0.15) is 0 Å². The zero-order chi connectivity index (χ0) is 11.6. The lowest BCUT2D eigenvalue weighted by Gasteiger charge is -2.43. The van der Waals surface area contributed by atoms with E-state index in [1.54, 1.807) is 4.90 Å². The summed E-state index contributed by atoms with van der Waals surface area (Å²) in [5.41, 5.74) is 0. The number of carbonyl (C=O) groups is 2. The summed E-state index contributed by atoms with van der Waals surface area (Å²) in [7, 11) is 1.95. The third-order valence-corrected chi connectivity index (χ3v) is 2.74. The first-order valence-electron chi connectivity index (χ1n) is 5.11. The van der Waals surface area contributed by atoms with Crippen LogP contribution in [0.2, 0.25) is 0 Å². The first kappa shape index (κ1) is 12.0. The van der Waals surface area contributed by atoms with Gasteiger partial charge in [-0.1, -0.05) is 0 Å². The van der Waals surface area contributed by atoms with Gasteiger partial charge in [0.2, 0.25) is 5.91 Å². The number of nitrogens with zero attached hydrogens (tertiary/aromatic N) is 2. The summed E-state index contributed by atoms with van der Waals surface area (Å²) in [6.45, 7) is 4.88. The number of hydrogen-bond donors (Lipinski definition) is 1. The molecule has 1 heterocycles. The summed E-state index contributed by atoms with van der Waals surface area (Å²) in [6.07, 6.45) is 0.0221. The van der Waals surface area contributed by atoms with Crippen LogP contribution in [0.4, 0.5) is 0 Å². The fraction of sp³-hybridized carbons (Fsp3) is 0.800. The lowest BCUT2D eigenvalue weighted by atomic mass is 10.0. The Hall–Kier alpha value is -1.10. The molecule has 0 aliphatic carbocycles. The van der Waals surface area contributed by atoms with Gasteiger partial charge in [-0.2, -0.15) is 0 Å². The van der Waals surface area contributed by atoms with Crippen molar-refractivity contribution in [1.82, 2.24) is 9.80 Å². The van der Waals surface area contributed by atoms with Gasteiger partial charge >= 0.3 is 5.97 Å². The second-order valence-electron chi connectivity index (χ2n) is 4.25. The molecule has 0 bridgehead atoms. The number of likely N-dealkylation sites (N-methyl/N-ethyl adjacent to an activating group) is 1. The zero-order valence-electron chi connectivity index (χ0n) is 9.43. The molecule has 0 spiro atoms. The van der Waals surface area contributed by atoms with Crippen LogP contribution in [0.25, 0.3) is 0 Å². The Morgan fingerprint density at radius 1 is 1.40 bits per heavy atom. The number of aliphatic carboxylic acids is 1. The third-order valence-electron chi connectivity index (χ3n) is 2.74. The molecule has 0 radical (unpaired) electrons. The molecule has 86 valence electrons. The zero-order valence-corrected chi connectivity index (χ0v) is 9.43. The summed E-state index contributed by atoms with van der Waals surface area (Å²) in [6, 6.07) is -0.112. The Bertz CT molecular complexity index is 267. The molecule has 0 aromatic heterocycles. The number of carbonyl (C=O) groups excluding carboxylic acids is 1. The number of rotatable bonds is 2. The SMILES string of the molecule is CC(=O)N1[C@H](CC(=O)O)CN(C)C[C@H]1C. The quantitative estimate of drug-likeness (QED) is 0.703. The van der Waals surface area contributed by atoms with Crippen LogP contribution < -0.4 is 0 Å². The van der Waals surface area contributed by atoms with E-state index in [9.17, 15) is 9.59 Å². The molecule has 1 fully saturated rings. The highest BCUT2D eigenvalue weighted by Gasteiger charge is 2.33. The summed E-state index contributed by atoms with van der Waals surface area (Å²) >= 11 is 0. The van der Waals surface area contributed by atoms with Crippen molar-refractivity contribution in [3.63, 3.8) is 0 Å². The highest BCUT2D eigenvalue weighted by molar-refractivity contribution is 5.75. The van der Waals surface area contributed by atoms with E-state index in [4.69, 9.17) is 5.11 Å². The lowest BCUT2D eigenvalue weighted by Crippen LogP contribution is -2.58. The minimum absolute atomic E-state index is 0.0221. The molecule has 5 nitrogen and oxygen atoms in total. The van der Waals surface area contributed by atoms with Crippen LogP contribution in [0.3, 0.4) is 0 Å². The second kappa shape index (κ2) is 4.61. The van der Waals surface area contributed by atoms with Gasteiger partial charge in [0.25, 0.3) is 0 Å². The van der Waals surface area contributed by atoms with E-state index in [1.807, 2.05) is 14.0 Å². The van der Waals surface area contributed by atoms with Gasteiger partial charge in [0.05, 0.1) is 12.5 Å². The number of carboxylic acids is 1. The summed E-state index contributed by atoms with van der Waals surface area (Å²) in [5, 5.41) is 8.78. The second-order valence-corrected chi connectivity index (χ2v) is 4.25. The molecule has 0 saturated carbocycles. The van der Waals surface area contributed by atoms with E-state index in [0.717, 1.165) is 6.54 Å². The van der Waals surface area contributed by atoms with Gasteiger partial charge in [0.15, 0.2) is 0 Å². The Kier molecular flexibility index (Phi) is 3.68. The van der Waals surface area contributed by atoms with Crippen LogP contribution in [0.15, 0.2) is 0 Å². The Labute approximate surface area is 89.7 Å². The van der Waals surface area contributed by atoms with Crippen LogP contribution >= 0.6 is 0 Å². The molecule has 1 aliphatic heterocycles. The maximum absolute atomic E-state index is 11.4. The van der Waals surface area contributed by atoms with Crippen LogP contribution in [-0.2, 0) is 9.59 Å². The van der Waals surface area contributed by atoms with Crippen molar-refractivity contribution in [1.29, 1.82) is 0 Å². The van der Waals surface area contributed by atoms with Crippen molar-refractivity contribution in [2.45, 2.75) is 32.4 Å². The summed E-state index contributed by atoms with van der Waals surface area (Å²) in [4.78, 5) is 25.9. The van der Waals surface area contributed by atoms with E-state index < -0.39 is 5.97 Å². The van der Waals surface area contributed by atoms with Gasteiger partial charge in [0, 0.05) is 26.1 Å². The molecule has 1 N–H and O–H groups in total. The molecule has 0 unspecified atom stereocenters. The molecule has 2 atom stereocenters. The van der Waals surface area contributed by atoms with Gasteiger partial charge in [-0.25, -0.2) is 0 Å². The number of amides is 1. The number of carboxylic acid groups (broad SMARTS) is 1. The van der Waals surface area contributed by atoms with Gasteiger partial charge in [-0.3, -0.25) is 9.59 Å². The highest BCUT2D eigenvalue weighted by Crippen LogP contribution is 2.17. The van der Waals surface area contributed by atoms with Gasteiger partial charge in [-0.05, 0) is 14.0 Å². The predicted molar refractivity (Wildman–Crippen MR) is 55.5 cm³/mol. The van der Waals surface area contributed by atoms with E-state index >= 15 is 0 Å². The van der Waals surface area contributed by atoms with Crippen LogP contribution in [0, 0.1) is 0 Å². The Balaban J connectivity index is 2.77. The first-order chi connectivity index (χ1) is 6.91. The molecule has 0 aromatic rings. The maximum atomic E-state index is 11.4. The largest absolute Gasteiger partial charge is 0.481 e. The average molecular weight is 214 g/mol. The van der Waals surface area contributed by atoms with Crippen LogP contribution in [-0.4, -0.2) is 59.0 Å². The summed E-state index contributed by atoms with van der Waals surface area (Å²) < 4.78 is 0. The molecule has 1 amide bonds. The molecular weight excluding hydrogens is 196 g/mol. The van der Waals surface area contributed by atoms with Crippen molar-refractivity contribution in [3.05, 3.63) is 0 Å². The highest BCUT2D eigenvalue weighted by atomic mass is 16.4. The van der Waals surface area contributed by atoms with Gasteiger partial charge in [-0.15, -0.1) is 0 Å². The molecule has 1 saturated heterocycles. The van der Waals surface area contributed by atoms with Crippen LogP contribution in [0.5, 0.6) is 0 Å². The topological polar surface area (TPSA) is 60.9 Å². The van der Waals surface area contributed by atoms with E-state index in [2.05, 4.69) is 4.90 Å². The van der Waals surface area contributed by atoms with Crippen molar-refractivity contribution >= 4 is 11.9 Å². The smallest absolute Gasteiger partial charge is 0.305 e. The van der Waals surface area contributed by atoms with E-state index in [1.165, 1.54) is 6.92 Å². The fourth-order valence-corrected chi connectivity index (χ4v) is 2.35. The average Bonchev–Trinajstić information content (AvgIpc) is 1.99. The maximum Gasteiger partial charge on any atom is 0.305 e.